The third kappa shape index (κ3) is 3.67. The second-order valence-electron chi connectivity index (χ2n) is 5.52. The summed E-state index contributed by atoms with van der Waals surface area (Å²) in [6.45, 7) is 12.0. The molecule has 0 amide bonds. The Morgan fingerprint density at radius 2 is 1.28 bits per heavy atom. The molecular weight excluding hydrogens is 224 g/mol. The summed E-state index contributed by atoms with van der Waals surface area (Å²) in [5.41, 5.74) is 6.37. The number of likely N-dealkylation sites (tertiary alicyclic amines) is 1. The SMILES string of the molecule is CC.CN1CCN(C2(CN)CCN(C)CC2)CC1. The largest absolute Gasteiger partial charge is 0.329 e. The molecule has 0 aromatic heterocycles. The number of likely N-dealkylation sites (N-methyl/N-ethyl adjacent to an activating group) is 1. The molecule has 2 saturated heterocycles. The minimum Gasteiger partial charge on any atom is -0.329 e. The van der Waals surface area contributed by atoms with Crippen LogP contribution < -0.4 is 5.73 Å². The normalized spacial score (nSPS) is 26.5. The number of piperazine rings is 1. The van der Waals surface area contributed by atoms with E-state index >= 15 is 0 Å². The van der Waals surface area contributed by atoms with Gasteiger partial charge in [0.1, 0.15) is 0 Å². The summed E-state index contributed by atoms with van der Waals surface area (Å²) in [5.74, 6) is 0. The van der Waals surface area contributed by atoms with E-state index in [1.807, 2.05) is 13.8 Å². The smallest absolute Gasteiger partial charge is 0.0357 e. The lowest BCUT2D eigenvalue weighted by Crippen LogP contribution is -2.63. The summed E-state index contributed by atoms with van der Waals surface area (Å²) in [7, 11) is 4.42. The number of nitrogens with two attached hydrogens (primary N) is 1. The first kappa shape index (κ1) is 15.9. The van der Waals surface area contributed by atoms with E-state index in [4.69, 9.17) is 5.73 Å². The van der Waals surface area contributed by atoms with Crippen LogP contribution in [0.4, 0.5) is 0 Å². The second-order valence-corrected chi connectivity index (χ2v) is 5.52. The molecule has 2 rings (SSSR count). The summed E-state index contributed by atoms with van der Waals surface area (Å²) in [6, 6.07) is 0. The Bertz CT molecular complexity index is 216. The van der Waals surface area contributed by atoms with Crippen molar-refractivity contribution in [3.8, 4) is 0 Å². The fourth-order valence-corrected chi connectivity index (χ4v) is 2.96. The molecule has 2 N–H and O–H groups in total. The molecular formula is C14H32N4. The molecule has 0 unspecified atom stereocenters. The Balaban J connectivity index is 0.000000771. The van der Waals surface area contributed by atoms with E-state index in [-0.39, 0.29) is 0 Å². The van der Waals surface area contributed by atoms with Gasteiger partial charge in [0.05, 0.1) is 0 Å². The highest BCUT2D eigenvalue weighted by Crippen LogP contribution is 2.28. The average Bonchev–Trinajstić information content (AvgIpc) is 2.43. The Hall–Kier alpha value is -0.160. The average molecular weight is 256 g/mol. The van der Waals surface area contributed by atoms with Gasteiger partial charge in [0.25, 0.3) is 0 Å². The van der Waals surface area contributed by atoms with Crippen LogP contribution in [-0.4, -0.2) is 80.1 Å². The predicted molar refractivity (Wildman–Crippen MR) is 78.9 cm³/mol. The molecule has 4 nitrogen and oxygen atoms in total. The van der Waals surface area contributed by atoms with Gasteiger partial charge in [-0.25, -0.2) is 0 Å². The zero-order valence-corrected chi connectivity index (χ0v) is 12.8. The molecule has 0 aliphatic carbocycles. The highest BCUT2D eigenvalue weighted by molar-refractivity contribution is 4.97. The second kappa shape index (κ2) is 7.43. The van der Waals surface area contributed by atoms with E-state index < -0.39 is 0 Å². The first-order valence-electron chi connectivity index (χ1n) is 7.48. The molecule has 4 heteroatoms. The van der Waals surface area contributed by atoms with Crippen LogP contribution in [-0.2, 0) is 0 Å². The van der Waals surface area contributed by atoms with Gasteiger partial charge in [-0.3, -0.25) is 4.90 Å². The van der Waals surface area contributed by atoms with E-state index in [1.54, 1.807) is 0 Å². The molecule has 18 heavy (non-hydrogen) atoms. The summed E-state index contributed by atoms with van der Waals surface area (Å²) in [6.07, 6.45) is 2.48. The molecule has 0 aromatic carbocycles. The molecule has 0 radical (unpaired) electrons. The third-order valence-electron chi connectivity index (χ3n) is 4.47. The maximum Gasteiger partial charge on any atom is 0.0357 e. The van der Waals surface area contributed by atoms with Crippen molar-refractivity contribution < 1.29 is 0 Å². The van der Waals surface area contributed by atoms with E-state index in [1.165, 1.54) is 52.1 Å². The van der Waals surface area contributed by atoms with Crippen molar-refractivity contribution in [1.82, 2.24) is 14.7 Å². The van der Waals surface area contributed by atoms with Crippen LogP contribution in [0.2, 0.25) is 0 Å². The lowest BCUT2D eigenvalue weighted by molar-refractivity contribution is 0.00391. The third-order valence-corrected chi connectivity index (χ3v) is 4.47. The topological polar surface area (TPSA) is 35.7 Å². The van der Waals surface area contributed by atoms with Crippen molar-refractivity contribution >= 4 is 0 Å². The molecule has 108 valence electrons. The van der Waals surface area contributed by atoms with Crippen LogP contribution in [0.3, 0.4) is 0 Å². The molecule has 0 spiro atoms. The fourth-order valence-electron chi connectivity index (χ4n) is 2.96. The standard InChI is InChI=1S/C12H26N4.C2H6/c1-14-5-3-12(11-13,4-6-14)16-9-7-15(2)8-10-16;1-2/h3-11,13H2,1-2H3;1-2H3. The lowest BCUT2D eigenvalue weighted by Gasteiger charge is -2.50. The first-order valence-corrected chi connectivity index (χ1v) is 7.48. The number of piperidine rings is 1. The van der Waals surface area contributed by atoms with E-state index in [0.29, 0.717) is 5.54 Å². The van der Waals surface area contributed by atoms with E-state index in [0.717, 1.165) is 6.54 Å². The molecule has 2 fully saturated rings. The maximum absolute atomic E-state index is 6.08. The first-order chi connectivity index (χ1) is 8.66. The minimum atomic E-state index is 0.299. The van der Waals surface area contributed by atoms with Gasteiger partial charge in [-0.1, -0.05) is 13.8 Å². The zero-order chi connectivity index (χ0) is 13.6. The van der Waals surface area contributed by atoms with E-state index in [2.05, 4.69) is 28.8 Å². The van der Waals surface area contributed by atoms with Gasteiger partial charge in [-0.05, 0) is 40.0 Å². The maximum atomic E-state index is 6.08. The van der Waals surface area contributed by atoms with Gasteiger partial charge in [0.2, 0.25) is 0 Å². The van der Waals surface area contributed by atoms with Crippen LogP contribution in [0.15, 0.2) is 0 Å². The molecule has 2 aliphatic rings. The van der Waals surface area contributed by atoms with Crippen LogP contribution in [0.25, 0.3) is 0 Å². The molecule has 2 aliphatic heterocycles. The van der Waals surface area contributed by atoms with Crippen molar-refractivity contribution in [3.63, 3.8) is 0 Å². The monoisotopic (exact) mass is 256 g/mol. The van der Waals surface area contributed by atoms with Crippen LogP contribution in [0, 0.1) is 0 Å². The van der Waals surface area contributed by atoms with Crippen LogP contribution in [0.5, 0.6) is 0 Å². The number of nitrogens with zero attached hydrogens (tertiary/aromatic N) is 3. The highest BCUT2D eigenvalue weighted by Gasteiger charge is 2.38. The Morgan fingerprint density at radius 3 is 1.72 bits per heavy atom. The van der Waals surface area contributed by atoms with Gasteiger partial charge in [0, 0.05) is 38.3 Å². The van der Waals surface area contributed by atoms with Crippen molar-refractivity contribution in [1.29, 1.82) is 0 Å². The number of hydrogen-bond donors (Lipinski definition) is 1. The van der Waals surface area contributed by atoms with Crippen molar-refractivity contribution in [3.05, 3.63) is 0 Å². The lowest BCUT2D eigenvalue weighted by atomic mass is 9.85. The number of hydrogen-bond acceptors (Lipinski definition) is 4. The van der Waals surface area contributed by atoms with Gasteiger partial charge in [0.15, 0.2) is 0 Å². The molecule has 0 bridgehead atoms. The zero-order valence-electron chi connectivity index (χ0n) is 12.8. The Kier molecular flexibility index (Phi) is 6.57. The molecule has 0 aromatic rings. The summed E-state index contributed by atoms with van der Waals surface area (Å²) < 4.78 is 0. The minimum absolute atomic E-state index is 0.299. The summed E-state index contributed by atoms with van der Waals surface area (Å²) in [5, 5.41) is 0. The van der Waals surface area contributed by atoms with Crippen molar-refractivity contribution in [2.75, 3.05) is 59.9 Å². The Labute approximate surface area is 113 Å². The van der Waals surface area contributed by atoms with Gasteiger partial charge >= 0.3 is 0 Å². The molecule has 0 saturated carbocycles. The van der Waals surface area contributed by atoms with Crippen LogP contribution >= 0.6 is 0 Å². The predicted octanol–water partition coefficient (Wildman–Crippen LogP) is 0.683. The van der Waals surface area contributed by atoms with Gasteiger partial charge in [-0.15, -0.1) is 0 Å². The summed E-state index contributed by atoms with van der Waals surface area (Å²) in [4.78, 5) is 7.49. The quantitative estimate of drug-likeness (QED) is 0.788. The Morgan fingerprint density at radius 1 is 0.833 bits per heavy atom. The van der Waals surface area contributed by atoms with Crippen LogP contribution in [0.1, 0.15) is 26.7 Å². The van der Waals surface area contributed by atoms with Crippen molar-refractivity contribution in [2.45, 2.75) is 32.2 Å². The van der Waals surface area contributed by atoms with E-state index in [9.17, 15) is 0 Å². The van der Waals surface area contributed by atoms with Crippen molar-refractivity contribution in [2.24, 2.45) is 5.73 Å². The van der Waals surface area contributed by atoms with Gasteiger partial charge < -0.3 is 15.5 Å². The summed E-state index contributed by atoms with van der Waals surface area (Å²) >= 11 is 0. The molecule has 0 atom stereocenters. The van der Waals surface area contributed by atoms with Gasteiger partial charge in [-0.2, -0.15) is 0 Å². The fraction of sp³-hybridized carbons (Fsp3) is 1.00. The highest BCUT2D eigenvalue weighted by atomic mass is 15.3. The molecule has 2 heterocycles. The number of rotatable bonds is 2.